The summed E-state index contributed by atoms with van der Waals surface area (Å²) in [5.74, 6) is 0.973. The molecule has 0 unspecified atom stereocenters. The average Bonchev–Trinajstić information content (AvgIpc) is 2.70. The zero-order chi connectivity index (χ0) is 11.7. The number of likely N-dealkylation sites (tertiary alicyclic amines) is 1. The summed E-state index contributed by atoms with van der Waals surface area (Å²) in [5, 5.41) is 0. The SMILES string of the molecule is O=C(C=Cc1ccccc1)N1C[C@@H]2CCC[C@@H]21. The molecule has 1 aliphatic carbocycles. The lowest BCUT2D eigenvalue weighted by molar-refractivity contribution is -0.136. The third-order valence-electron chi connectivity index (χ3n) is 3.95. The normalized spacial score (nSPS) is 26.9. The standard InChI is InChI=1S/C15H17NO/c17-15(10-9-12-5-2-1-3-6-12)16-11-13-7-4-8-14(13)16/h1-3,5-6,9-10,13-14H,4,7-8,11H2/t13-,14-/m0/s1. The molecule has 1 heterocycles. The number of carbonyl (C=O) groups is 1. The topological polar surface area (TPSA) is 20.3 Å². The van der Waals surface area contributed by atoms with Gasteiger partial charge in [-0.05, 0) is 30.4 Å². The monoisotopic (exact) mass is 227 g/mol. The molecular weight excluding hydrogens is 210 g/mol. The van der Waals surface area contributed by atoms with Gasteiger partial charge < -0.3 is 4.90 Å². The van der Waals surface area contributed by atoms with E-state index in [4.69, 9.17) is 0 Å². The van der Waals surface area contributed by atoms with Crippen LogP contribution in [0.25, 0.3) is 6.08 Å². The first kappa shape index (κ1) is 10.6. The van der Waals surface area contributed by atoms with Gasteiger partial charge in [0.1, 0.15) is 0 Å². The highest BCUT2D eigenvalue weighted by molar-refractivity contribution is 5.92. The van der Waals surface area contributed by atoms with Crippen molar-refractivity contribution in [1.29, 1.82) is 0 Å². The number of hydrogen-bond acceptors (Lipinski definition) is 1. The van der Waals surface area contributed by atoms with Crippen LogP contribution >= 0.6 is 0 Å². The van der Waals surface area contributed by atoms with Gasteiger partial charge >= 0.3 is 0 Å². The van der Waals surface area contributed by atoms with Crippen LogP contribution in [0.3, 0.4) is 0 Å². The highest BCUT2D eigenvalue weighted by atomic mass is 16.2. The van der Waals surface area contributed by atoms with E-state index < -0.39 is 0 Å². The minimum atomic E-state index is 0.178. The van der Waals surface area contributed by atoms with Gasteiger partial charge in [-0.1, -0.05) is 36.8 Å². The molecule has 0 N–H and O–H groups in total. The molecule has 1 aromatic rings. The first-order chi connectivity index (χ1) is 8.34. The van der Waals surface area contributed by atoms with Gasteiger partial charge in [-0.3, -0.25) is 4.79 Å². The Balaban J connectivity index is 1.62. The zero-order valence-electron chi connectivity index (χ0n) is 9.88. The zero-order valence-corrected chi connectivity index (χ0v) is 9.88. The molecule has 17 heavy (non-hydrogen) atoms. The van der Waals surface area contributed by atoms with Crippen LogP contribution in [-0.4, -0.2) is 23.4 Å². The van der Waals surface area contributed by atoms with Gasteiger partial charge in [0.2, 0.25) is 5.91 Å². The summed E-state index contributed by atoms with van der Waals surface area (Å²) >= 11 is 0. The van der Waals surface area contributed by atoms with Crippen molar-refractivity contribution >= 4 is 12.0 Å². The summed E-state index contributed by atoms with van der Waals surface area (Å²) < 4.78 is 0. The van der Waals surface area contributed by atoms with E-state index in [1.54, 1.807) is 6.08 Å². The molecule has 1 saturated heterocycles. The van der Waals surface area contributed by atoms with E-state index in [-0.39, 0.29) is 5.91 Å². The summed E-state index contributed by atoms with van der Waals surface area (Å²) in [6, 6.07) is 10.5. The van der Waals surface area contributed by atoms with Crippen molar-refractivity contribution in [2.75, 3.05) is 6.54 Å². The van der Waals surface area contributed by atoms with Crippen LogP contribution in [0, 0.1) is 5.92 Å². The summed E-state index contributed by atoms with van der Waals surface area (Å²) in [6.45, 7) is 0.975. The third-order valence-corrected chi connectivity index (χ3v) is 3.95. The number of hydrogen-bond donors (Lipinski definition) is 0. The average molecular weight is 227 g/mol. The van der Waals surface area contributed by atoms with Gasteiger partial charge in [0.25, 0.3) is 0 Å². The minimum absolute atomic E-state index is 0.178. The lowest BCUT2D eigenvalue weighted by Crippen LogP contribution is -2.55. The number of rotatable bonds is 2. The van der Waals surface area contributed by atoms with Gasteiger partial charge in [-0.25, -0.2) is 0 Å². The van der Waals surface area contributed by atoms with E-state index in [1.165, 1.54) is 19.3 Å². The smallest absolute Gasteiger partial charge is 0.246 e. The van der Waals surface area contributed by atoms with Gasteiger partial charge in [-0.2, -0.15) is 0 Å². The largest absolute Gasteiger partial charge is 0.335 e. The van der Waals surface area contributed by atoms with Crippen LogP contribution in [0.1, 0.15) is 24.8 Å². The van der Waals surface area contributed by atoms with Crippen molar-refractivity contribution in [3.63, 3.8) is 0 Å². The number of benzene rings is 1. The Bertz CT molecular complexity index is 437. The Morgan fingerprint density at radius 2 is 2.06 bits per heavy atom. The second kappa shape index (κ2) is 4.36. The molecule has 2 atom stereocenters. The molecule has 0 aromatic heterocycles. The fraction of sp³-hybridized carbons (Fsp3) is 0.400. The molecule has 1 amide bonds. The molecule has 0 bridgehead atoms. The van der Waals surface area contributed by atoms with Gasteiger partial charge in [0.05, 0.1) is 0 Å². The molecule has 1 aliphatic heterocycles. The van der Waals surface area contributed by atoms with E-state index in [9.17, 15) is 4.79 Å². The number of carbonyl (C=O) groups excluding carboxylic acids is 1. The van der Waals surface area contributed by atoms with Crippen molar-refractivity contribution in [2.24, 2.45) is 5.92 Å². The molecule has 3 rings (SSSR count). The maximum absolute atomic E-state index is 12.0. The third kappa shape index (κ3) is 1.99. The maximum atomic E-state index is 12.0. The summed E-state index contributed by atoms with van der Waals surface area (Å²) in [7, 11) is 0. The fourth-order valence-corrected chi connectivity index (χ4v) is 2.97. The van der Waals surface area contributed by atoms with Crippen LogP contribution in [0.5, 0.6) is 0 Å². The second-order valence-electron chi connectivity index (χ2n) is 4.99. The first-order valence-electron chi connectivity index (χ1n) is 6.38. The lowest BCUT2D eigenvalue weighted by Gasteiger charge is -2.44. The van der Waals surface area contributed by atoms with Crippen molar-refractivity contribution < 1.29 is 4.79 Å². The van der Waals surface area contributed by atoms with Crippen molar-refractivity contribution in [2.45, 2.75) is 25.3 Å². The molecule has 0 radical (unpaired) electrons. The van der Waals surface area contributed by atoms with E-state index >= 15 is 0 Å². The first-order valence-corrected chi connectivity index (χ1v) is 6.38. The Labute approximate surface area is 102 Å². The Morgan fingerprint density at radius 3 is 2.82 bits per heavy atom. The van der Waals surface area contributed by atoms with Crippen LogP contribution in [0.2, 0.25) is 0 Å². The number of fused-ring (bicyclic) bond motifs is 1. The molecule has 2 nitrogen and oxygen atoms in total. The molecule has 2 fully saturated rings. The van der Waals surface area contributed by atoms with Gasteiger partial charge in [0.15, 0.2) is 0 Å². The van der Waals surface area contributed by atoms with Gasteiger partial charge in [-0.15, -0.1) is 0 Å². The number of nitrogens with zero attached hydrogens (tertiary/aromatic N) is 1. The Hall–Kier alpha value is -1.57. The summed E-state index contributed by atoms with van der Waals surface area (Å²) in [5.41, 5.74) is 1.09. The number of amides is 1. The van der Waals surface area contributed by atoms with Crippen molar-refractivity contribution in [1.82, 2.24) is 4.90 Å². The predicted octanol–water partition coefficient (Wildman–Crippen LogP) is 2.71. The minimum Gasteiger partial charge on any atom is -0.335 e. The molecule has 2 heteroatoms. The lowest BCUT2D eigenvalue weighted by atomic mass is 9.92. The predicted molar refractivity (Wildman–Crippen MR) is 68.3 cm³/mol. The van der Waals surface area contributed by atoms with Crippen LogP contribution in [0.4, 0.5) is 0 Å². The van der Waals surface area contributed by atoms with Crippen molar-refractivity contribution in [3.8, 4) is 0 Å². The van der Waals surface area contributed by atoms with Crippen LogP contribution < -0.4 is 0 Å². The van der Waals surface area contributed by atoms with E-state index in [1.807, 2.05) is 41.3 Å². The van der Waals surface area contributed by atoms with E-state index in [0.717, 1.165) is 18.0 Å². The van der Waals surface area contributed by atoms with Gasteiger partial charge in [0, 0.05) is 18.7 Å². The Kier molecular flexibility index (Phi) is 2.71. The summed E-state index contributed by atoms with van der Waals surface area (Å²) in [4.78, 5) is 14.0. The maximum Gasteiger partial charge on any atom is 0.246 e. The molecule has 0 spiro atoms. The second-order valence-corrected chi connectivity index (χ2v) is 4.99. The molecular formula is C15H17NO. The Morgan fingerprint density at radius 1 is 1.24 bits per heavy atom. The molecule has 1 aromatic carbocycles. The molecule has 88 valence electrons. The van der Waals surface area contributed by atoms with E-state index in [0.29, 0.717) is 6.04 Å². The molecule has 2 aliphatic rings. The summed E-state index contributed by atoms with van der Waals surface area (Å²) in [6.07, 6.45) is 7.43. The quantitative estimate of drug-likeness (QED) is 0.711. The van der Waals surface area contributed by atoms with Crippen LogP contribution in [0.15, 0.2) is 36.4 Å². The van der Waals surface area contributed by atoms with Crippen molar-refractivity contribution in [3.05, 3.63) is 42.0 Å². The fourth-order valence-electron chi connectivity index (χ4n) is 2.97. The van der Waals surface area contributed by atoms with Crippen LogP contribution in [-0.2, 0) is 4.79 Å². The molecule has 1 saturated carbocycles. The highest BCUT2D eigenvalue weighted by Crippen LogP contribution is 2.38. The highest BCUT2D eigenvalue weighted by Gasteiger charge is 2.43. The van der Waals surface area contributed by atoms with E-state index in [2.05, 4.69) is 0 Å².